The number of benzene rings is 1. The van der Waals surface area contributed by atoms with Gasteiger partial charge in [-0.25, -0.2) is 0 Å². The molecule has 0 heterocycles. The van der Waals surface area contributed by atoms with Crippen molar-refractivity contribution in [1.82, 2.24) is 5.32 Å². The molecule has 0 amide bonds. The van der Waals surface area contributed by atoms with Crippen LogP contribution in [-0.4, -0.2) is 13.1 Å². The second-order valence-electron chi connectivity index (χ2n) is 4.30. The maximum absolute atomic E-state index is 3.44. The van der Waals surface area contributed by atoms with Gasteiger partial charge in [0.2, 0.25) is 0 Å². The van der Waals surface area contributed by atoms with E-state index in [4.69, 9.17) is 0 Å². The van der Waals surface area contributed by atoms with Gasteiger partial charge < -0.3 is 5.32 Å². The highest BCUT2D eigenvalue weighted by Gasteiger charge is 2.42. The smallest absolute Gasteiger partial charge is 0.0139 e. The molecule has 0 unspecified atom stereocenters. The number of hydrogen-bond acceptors (Lipinski definition) is 1. The van der Waals surface area contributed by atoms with Gasteiger partial charge in [-0.1, -0.05) is 24.3 Å². The predicted molar refractivity (Wildman–Crippen MR) is 54.0 cm³/mol. The Bertz CT molecular complexity index is 330. The number of likely N-dealkylation sites (N-methyl/N-ethyl adjacent to an activating group) is 1. The Morgan fingerprint density at radius 1 is 1.15 bits per heavy atom. The molecule has 1 saturated carbocycles. The summed E-state index contributed by atoms with van der Waals surface area (Å²) in [5.74, 6) is 1.64. The zero-order chi connectivity index (χ0) is 8.84. The molecule has 1 heteroatoms. The highest BCUT2D eigenvalue weighted by atomic mass is 14.9. The van der Waals surface area contributed by atoms with E-state index in [9.17, 15) is 0 Å². The summed E-state index contributed by atoms with van der Waals surface area (Å²) in [6.45, 7) is 0. The van der Waals surface area contributed by atoms with Gasteiger partial charge in [0.25, 0.3) is 0 Å². The predicted octanol–water partition coefficient (Wildman–Crippen LogP) is 2.25. The molecular weight excluding hydrogens is 158 g/mol. The summed E-state index contributed by atoms with van der Waals surface area (Å²) in [6.07, 6.45) is 2.73. The van der Waals surface area contributed by atoms with Gasteiger partial charge in [0.1, 0.15) is 0 Å². The first-order valence-electron chi connectivity index (χ1n) is 5.16. The third-order valence-corrected chi connectivity index (χ3v) is 3.77. The van der Waals surface area contributed by atoms with Crippen LogP contribution in [0.1, 0.15) is 35.8 Å². The summed E-state index contributed by atoms with van der Waals surface area (Å²) < 4.78 is 0. The van der Waals surface area contributed by atoms with Crippen LogP contribution in [0, 0.1) is 0 Å². The van der Waals surface area contributed by atoms with Crippen molar-refractivity contribution in [3.05, 3.63) is 35.4 Å². The lowest BCUT2D eigenvalue weighted by molar-refractivity contribution is 0.506. The number of nitrogens with one attached hydrogen (secondary N) is 1. The van der Waals surface area contributed by atoms with Crippen molar-refractivity contribution in [2.24, 2.45) is 0 Å². The van der Waals surface area contributed by atoms with Crippen molar-refractivity contribution >= 4 is 0 Å². The molecule has 0 spiro atoms. The van der Waals surface area contributed by atoms with E-state index in [0.29, 0.717) is 0 Å². The normalized spacial score (nSPS) is 35.0. The minimum absolute atomic E-state index is 0.736. The van der Waals surface area contributed by atoms with E-state index in [1.807, 2.05) is 0 Å². The first-order valence-corrected chi connectivity index (χ1v) is 5.16. The molecule has 0 saturated heterocycles. The van der Waals surface area contributed by atoms with Crippen LogP contribution in [0.25, 0.3) is 0 Å². The molecule has 2 aliphatic rings. The summed E-state index contributed by atoms with van der Waals surface area (Å²) >= 11 is 0. The molecule has 0 aromatic heterocycles. The number of fused-ring (bicyclic) bond motifs is 5. The van der Waals surface area contributed by atoms with E-state index in [1.54, 1.807) is 11.1 Å². The van der Waals surface area contributed by atoms with Crippen molar-refractivity contribution in [2.75, 3.05) is 7.05 Å². The largest absolute Gasteiger partial charge is 0.316 e. The first kappa shape index (κ1) is 7.57. The monoisotopic (exact) mass is 173 g/mol. The number of hydrogen-bond donors (Lipinski definition) is 1. The van der Waals surface area contributed by atoms with Crippen LogP contribution >= 0.6 is 0 Å². The summed E-state index contributed by atoms with van der Waals surface area (Å²) in [6, 6.07) is 9.70. The van der Waals surface area contributed by atoms with Crippen molar-refractivity contribution < 1.29 is 0 Å². The lowest BCUT2D eigenvalue weighted by atomic mass is 9.88. The Kier molecular flexibility index (Phi) is 1.50. The van der Waals surface area contributed by atoms with Gasteiger partial charge in [0.15, 0.2) is 0 Å². The lowest BCUT2D eigenvalue weighted by Crippen LogP contribution is -2.29. The molecule has 3 atom stereocenters. The minimum atomic E-state index is 0.736. The fourth-order valence-corrected chi connectivity index (χ4v) is 3.17. The van der Waals surface area contributed by atoms with Gasteiger partial charge in [-0.3, -0.25) is 0 Å². The van der Waals surface area contributed by atoms with Gasteiger partial charge in [-0.2, -0.15) is 0 Å². The van der Waals surface area contributed by atoms with E-state index in [1.165, 1.54) is 12.8 Å². The summed E-state index contributed by atoms with van der Waals surface area (Å²) in [4.78, 5) is 0. The Hall–Kier alpha value is -0.820. The van der Waals surface area contributed by atoms with E-state index < -0.39 is 0 Å². The molecule has 1 aromatic carbocycles. The molecule has 1 fully saturated rings. The molecule has 2 aliphatic carbocycles. The molecule has 0 aliphatic heterocycles. The molecule has 0 radical (unpaired) electrons. The molecule has 3 rings (SSSR count). The van der Waals surface area contributed by atoms with Gasteiger partial charge in [-0.15, -0.1) is 0 Å². The second-order valence-corrected chi connectivity index (χ2v) is 4.30. The van der Waals surface area contributed by atoms with Crippen molar-refractivity contribution in [3.63, 3.8) is 0 Å². The van der Waals surface area contributed by atoms with Crippen LogP contribution in [0.4, 0.5) is 0 Å². The minimum Gasteiger partial charge on any atom is -0.316 e. The molecule has 13 heavy (non-hydrogen) atoms. The van der Waals surface area contributed by atoms with E-state index in [-0.39, 0.29) is 0 Å². The Morgan fingerprint density at radius 2 is 1.92 bits per heavy atom. The van der Waals surface area contributed by atoms with Gasteiger partial charge in [0.05, 0.1) is 0 Å². The summed E-state index contributed by atoms with van der Waals surface area (Å²) in [7, 11) is 2.09. The average Bonchev–Trinajstić information content (AvgIpc) is 2.75. The van der Waals surface area contributed by atoms with Crippen LogP contribution in [0.2, 0.25) is 0 Å². The second kappa shape index (κ2) is 2.58. The molecule has 68 valence electrons. The van der Waals surface area contributed by atoms with E-state index >= 15 is 0 Å². The van der Waals surface area contributed by atoms with Crippen molar-refractivity contribution in [2.45, 2.75) is 30.7 Å². The Balaban J connectivity index is 2.07. The molecule has 1 nitrogen and oxygen atoms in total. The maximum Gasteiger partial charge on any atom is 0.0139 e. The zero-order valence-corrected chi connectivity index (χ0v) is 7.96. The maximum atomic E-state index is 3.44. The first-order chi connectivity index (χ1) is 6.40. The highest BCUT2D eigenvalue weighted by molar-refractivity contribution is 5.42. The Labute approximate surface area is 79.2 Å². The van der Waals surface area contributed by atoms with E-state index in [0.717, 1.165) is 17.9 Å². The van der Waals surface area contributed by atoms with Gasteiger partial charge in [-0.05, 0) is 36.9 Å². The lowest BCUT2D eigenvalue weighted by Gasteiger charge is -2.23. The standard InChI is InChI=1S/C12H15N/c1-13-12-7-8-6-11(12)10-5-3-2-4-9(8)10/h2-5,8,11-13H,6-7H2,1H3/t8-,11-,12+/m0/s1. The number of rotatable bonds is 1. The van der Waals surface area contributed by atoms with Crippen LogP contribution in [0.15, 0.2) is 24.3 Å². The summed E-state index contributed by atoms with van der Waals surface area (Å²) in [5.41, 5.74) is 3.23. The SMILES string of the molecule is CN[C@@H]1C[C@@H]2C[C@H]1c1ccccc12. The zero-order valence-electron chi connectivity index (χ0n) is 7.96. The Morgan fingerprint density at radius 3 is 2.69 bits per heavy atom. The van der Waals surface area contributed by atoms with Gasteiger partial charge in [0, 0.05) is 12.0 Å². The molecule has 1 aromatic rings. The van der Waals surface area contributed by atoms with Crippen LogP contribution in [0.3, 0.4) is 0 Å². The highest BCUT2D eigenvalue weighted by Crippen LogP contribution is 2.52. The average molecular weight is 173 g/mol. The molecule has 1 N–H and O–H groups in total. The van der Waals surface area contributed by atoms with Gasteiger partial charge >= 0.3 is 0 Å². The van der Waals surface area contributed by atoms with Crippen molar-refractivity contribution in [1.29, 1.82) is 0 Å². The van der Waals surface area contributed by atoms with Crippen LogP contribution in [0.5, 0.6) is 0 Å². The fraction of sp³-hybridized carbons (Fsp3) is 0.500. The topological polar surface area (TPSA) is 12.0 Å². The van der Waals surface area contributed by atoms with E-state index in [2.05, 4.69) is 36.6 Å². The molecular formula is C12H15N. The fourth-order valence-electron chi connectivity index (χ4n) is 3.17. The molecule has 2 bridgehead atoms. The quantitative estimate of drug-likeness (QED) is 0.687. The van der Waals surface area contributed by atoms with Crippen molar-refractivity contribution in [3.8, 4) is 0 Å². The summed E-state index contributed by atoms with van der Waals surface area (Å²) in [5, 5.41) is 3.44. The third kappa shape index (κ3) is 0.910. The van der Waals surface area contributed by atoms with Crippen LogP contribution < -0.4 is 5.32 Å². The van der Waals surface area contributed by atoms with Crippen LogP contribution in [-0.2, 0) is 0 Å². The third-order valence-electron chi connectivity index (χ3n) is 3.77.